The average molecular weight is 426 g/mol. The molecule has 0 spiro atoms. The minimum absolute atomic E-state index is 0.231. The highest BCUT2D eigenvalue weighted by Crippen LogP contribution is 2.43. The fourth-order valence-electron chi connectivity index (χ4n) is 4.33. The van der Waals surface area contributed by atoms with Gasteiger partial charge >= 0.3 is 6.09 Å². The smallest absolute Gasteiger partial charge is 0.421 e. The van der Waals surface area contributed by atoms with Crippen LogP contribution in [0.1, 0.15) is 37.3 Å². The van der Waals surface area contributed by atoms with E-state index in [1.54, 1.807) is 37.3 Å². The van der Waals surface area contributed by atoms with E-state index in [1.807, 2.05) is 6.92 Å². The maximum Gasteiger partial charge on any atom is 0.421 e. The number of amides is 2. The Morgan fingerprint density at radius 3 is 2.45 bits per heavy atom. The lowest BCUT2D eigenvalue weighted by molar-refractivity contribution is -0.484. The Morgan fingerprint density at radius 2 is 1.84 bits per heavy atom. The van der Waals surface area contributed by atoms with Crippen LogP contribution in [-0.2, 0) is 9.53 Å². The Morgan fingerprint density at radius 1 is 1.19 bits per heavy atom. The van der Waals surface area contributed by atoms with Crippen LogP contribution in [0.3, 0.4) is 0 Å². The lowest BCUT2D eigenvalue weighted by Crippen LogP contribution is -2.33. The number of methoxy groups -OCH3 is 1. The number of nitro groups is 1. The number of hydrogen-bond donors (Lipinski definition) is 0. The zero-order chi connectivity index (χ0) is 22.7. The van der Waals surface area contributed by atoms with Gasteiger partial charge in [-0.3, -0.25) is 14.9 Å². The molecule has 0 aromatic heterocycles. The number of rotatable bonds is 6. The highest BCUT2D eigenvalue weighted by atomic mass is 19.1. The Labute approximate surface area is 179 Å². The summed E-state index contributed by atoms with van der Waals surface area (Å²) in [5.41, 5.74) is 2.02. The van der Waals surface area contributed by atoms with Crippen LogP contribution >= 0.6 is 0 Å². The van der Waals surface area contributed by atoms with E-state index in [2.05, 4.69) is 0 Å². The standard InChI is InChI=1S/C23H23FN2O5/c1-4-15(18(13-25(29)30)16-9-5-7-11-19(16)24)14(2)21-17-10-6-8-12-20(17)26(22(21)27)23(28)31-3/h5-12,15,18H,4,13H2,1-3H3/b21-14-/t15-,18+/m0/s1. The van der Waals surface area contributed by atoms with Gasteiger partial charge in [-0.1, -0.05) is 48.9 Å². The molecule has 2 amide bonds. The number of nitrogens with zero attached hydrogens (tertiary/aromatic N) is 2. The van der Waals surface area contributed by atoms with Crippen molar-refractivity contribution in [3.8, 4) is 0 Å². The van der Waals surface area contributed by atoms with Gasteiger partial charge in [0, 0.05) is 16.1 Å². The predicted octanol–water partition coefficient (Wildman–Crippen LogP) is 4.80. The van der Waals surface area contributed by atoms with E-state index in [0.717, 1.165) is 4.90 Å². The highest BCUT2D eigenvalue weighted by Gasteiger charge is 2.41. The lowest BCUT2D eigenvalue weighted by Gasteiger charge is -2.26. The van der Waals surface area contributed by atoms with Crippen molar-refractivity contribution in [2.75, 3.05) is 18.6 Å². The zero-order valence-electron chi connectivity index (χ0n) is 17.5. The second-order valence-electron chi connectivity index (χ2n) is 7.34. The lowest BCUT2D eigenvalue weighted by atomic mass is 9.77. The Balaban J connectivity index is 2.18. The third-order valence-corrected chi connectivity index (χ3v) is 5.71. The predicted molar refractivity (Wildman–Crippen MR) is 114 cm³/mol. The van der Waals surface area contributed by atoms with Gasteiger partial charge in [0.25, 0.3) is 5.91 Å². The summed E-state index contributed by atoms with van der Waals surface area (Å²) >= 11 is 0. The third-order valence-electron chi connectivity index (χ3n) is 5.71. The number of allylic oxidation sites excluding steroid dienone is 1. The molecule has 8 heteroatoms. The average Bonchev–Trinajstić information content (AvgIpc) is 3.04. The van der Waals surface area contributed by atoms with Crippen molar-refractivity contribution in [1.29, 1.82) is 0 Å². The number of para-hydroxylation sites is 1. The van der Waals surface area contributed by atoms with Crippen molar-refractivity contribution < 1.29 is 23.6 Å². The van der Waals surface area contributed by atoms with Crippen LogP contribution in [0.4, 0.5) is 14.9 Å². The van der Waals surface area contributed by atoms with Gasteiger partial charge in [-0.25, -0.2) is 14.1 Å². The Kier molecular flexibility index (Phi) is 6.48. The summed E-state index contributed by atoms with van der Waals surface area (Å²) in [6.45, 7) is 3.07. The largest absolute Gasteiger partial charge is 0.452 e. The molecular weight excluding hydrogens is 403 g/mol. The molecule has 0 saturated heterocycles. The molecular formula is C23H23FN2O5. The number of hydrogen-bond acceptors (Lipinski definition) is 5. The second-order valence-corrected chi connectivity index (χ2v) is 7.34. The second kappa shape index (κ2) is 9.07. The monoisotopic (exact) mass is 426 g/mol. The summed E-state index contributed by atoms with van der Waals surface area (Å²) in [6, 6.07) is 12.8. The molecule has 0 unspecified atom stereocenters. The van der Waals surface area contributed by atoms with Crippen LogP contribution in [0.2, 0.25) is 0 Å². The number of carbonyl (C=O) groups excluding carboxylic acids is 2. The normalized spacial score (nSPS) is 16.5. The van der Waals surface area contributed by atoms with Crippen LogP contribution in [0, 0.1) is 21.8 Å². The Hall–Kier alpha value is -3.55. The van der Waals surface area contributed by atoms with Crippen molar-refractivity contribution in [3.63, 3.8) is 0 Å². The van der Waals surface area contributed by atoms with Crippen LogP contribution in [0.25, 0.3) is 5.57 Å². The summed E-state index contributed by atoms with van der Waals surface area (Å²) in [5.74, 6) is -2.36. The molecule has 2 aromatic carbocycles. The number of carbonyl (C=O) groups is 2. The molecule has 0 bridgehead atoms. The van der Waals surface area contributed by atoms with Gasteiger partial charge in [0.15, 0.2) is 0 Å². The van der Waals surface area contributed by atoms with E-state index in [9.17, 15) is 24.1 Å². The van der Waals surface area contributed by atoms with Crippen molar-refractivity contribution in [3.05, 3.63) is 81.2 Å². The number of fused-ring (bicyclic) bond motifs is 1. The molecule has 0 fully saturated rings. The first-order chi connectivity index (χ1) is 14.8. The molecule has 3 rings (SSSR count). The molecule has 162 valence electrons. The first kappa shape index (κ1) is 22.1. The van der Waals surface area contributed by atoms with E-state index in [0.29, 0.717) is 23.2 Å². The van der Waals surface area contributed by atoms with Crippen molar-refractivity contribution in [2.45, 2.75) is 26.2 Å². The summed E-state index contributed by atoms with van der Waals surface area (Å²) < 4.78 is 19.3. The number of benzene rings is 2. The first-order valence-corrected chi connectivity index (χ1v) is 9.90. The highest BCUT2D eigenvalue weighted by molar-refractivity contribution is 6.39. The van der Waals surface area contributed by atoms with Gasteiger partial charge in [-0.05, 0) is 37.0 Å². The SMILES string of the molecule is CC[C@@H](/C(C)=C1\C(=O)N(C(=O)OC)c2ccccc21)[C@@H](C[N+](=O)[O-])c1ccccc1F. The van der Waals surface area contributed by atoms with E-state index >= 15 is 0 Å². The van der Waals surface area contributed by atoms with Gasteiger partial charge in [0.2, 0.25) is 6.54 Å². The molecule has 2 atom stereocenters. The molecule has 31 heavy (non-hydrogen) atoms. The van der Waals surface area contributed by atoms with Crippen molar-refractivity contribution in [1.82, 2.24) is 0 Å². The van der Waals surface area contributed by atoms with Gasteiger partial charge in [-0.2, -0.15) is 0 Å². The maximum atomic E-state index is 14.6. The maximum absolute atomic E-state index is 14.6. The van der Waals surface area contributed by atoms with E-state index in [1.165, 1.54) is 25.3 Å². The first-order valence-electron chi connectivity index (χ1n) is 9.90. The van der Waals surface area contributed by atoms with Crippen LogP contribution in [-0.4, -0.2) is 30.6 Å². The molecule has 0 saturated carbocycles. The van der Waals surface area contributed by atoms with E-state index in [4.69, 9.17) is 4.74 Å². The molecule has 0 N–H and O–H groups in total. The van der Waals surface area contributed by atoms with Crippen LogP contribution < -0.4 is 4.90 Å². The molecule has 1 heterocycles. The summed E-state index contributed by atoms with van der Waals surface area (Å²) in [5, 5.41) is 11.4. The van der Waals surface area contributed by atoms with E-state index in [-0.39, 0.29) is 11.1 Å². The van der Waals surface area contributed by atoms with Crippen molar-refractivity contribution >= 4 is 23.3 Å². The summed E-state index contributed by atoms with van der Waals surface area (Å²) in [4.78, 5) is 37.4. The van der Waals surface area contributed by atoms with E-state index < -0.39 is 41.1 Å². The van der Waals surface area contributed by atoms with Gasteiger partial charge in [0.05, 0.1) is 18.7 Å². The van der Waals surface area contributed by atoms with Gasteiger partial charge < -0.3 is 4.74 Å². The van der Waals surface area contributed by atoms with Gasteiger partial charge in [-0.15, -0.1) is 0 Å². The Bertz CT molecular complexity index is 1070. The number of imide groups is 1. The topological polar surface area (TPSA) is 89.8 Å². The number of halogens is 1. The minimum atomic E-state index is -0.816. The summed E-state index contributed by atoms with van der Waals surface area (Å²) in [7, 11) is 1.19. The molecule has 1 aliphatic rings. The number of anilines is 1. The molecule has 0 radical (unpaired) electrons. The van der Waals surface area contributed by atoms with Gasteiger partial charge in [0.1, 0.15) is 5.82 Å². The molecule has 2 aromatic rings. The molecule has 1 aliphatic heterocycles. The molecule has 7 nitrogen and oxygen atoms in total. The van der Waals surface area contributed by atoms with Crippen LogP contribution in [0.15, 0.2) is 54.1 Å². The summed E-state index contributed by atoms with van der Waals surface area (Å²) in [6.07, 6.45) is -0.375. The van der Waals surface area contributed by atoms with Crippen molar-refractivity contribution in [2.24, 2.45) is 5.92 Å². The number of ether oxygens (including phenoxy) is 1. The fraction of sp³-hybridized carbons (Fsp3) is 0.304. The fourth-order valence-corrected chi connectivity index (χ4v) is 4.33. The minimum Gasteiger partial charge on any atom is -0.452 e. The molecule has 0 aliphatic carbocycles. The zero-order valence-corrected chi connectivity index (χ0v) is 17.5. The van der Waals surface area contributed by atoms with Crippen LogP contribution in [0.5, 0.6) is 0 Å². The quantitative estimate of drug-likeness (QED) is 0.376. The third kappa shape index (κ3) is 4.05.